The number of benzene rings is 1. The number of thioether (sulfide) groups is 1. The number of anilines is 1. The first-order valence-electron chi connectivity index (χ1n) is 7.66. The van der Waals surface area contributed by atoms with Gasteiger partial charge in [0.15, 0.2) is 5.16 Å². The van der Waals surface area contributed by atoms with Gasteiger partial charge in [-0.15, -0.1) is 21.5 Å². The third-order valence-electron chi connectivity index (χ3n) is 3.60. The van der Waals surface area contributed by atoms with Gasteiger partial charge in [0, 0.05) is 28.5 Å². The zero-order valence-corrected chi connectivity index (χ0v) is 17.0. The van der Waals surface area contributed by atoms with E-state index in [4.69, 9.17) is 0 Å². The lowest BCUT2D eigenvalue weighted by atomic mass is 10.3. The molecule has 0 unspecified atom stereocenters. The third-order valence-corrected chi connectivity index (χ3v) is 6.14. The first kappa shape index (κ1) is 18.2. The van der Waals surface area contributed by atoms with Crippen LogP contribution in [0.25, 0.3) is 0 Å². The van der Waals surface area contributed by atoms with Gasteiger partial charge in [0.05, 0.1) is 5.25 Å². The molecule has 1 aromatic carbocycles. The van der Waals surface area contributed by atoms with Gasteiger partial charge in [-0.05, 0) is 42.6 Å². The van der Waals surface area contributed by atoms with Crippen LogP contribution in [-0.4, -0.2) is 25.9 Å². The number of rotatable bonds is 6. The molecule has 5 nitrogen and oxygen atoms in total. The highest BCUT2D eigenvalue weighted by atomic mass is 79.9. The second-order valence-electron chi connectivity index (χ2n) is 5.47. The molecule has 0 bridgehead atoms. The predicted octanol–water partition coefficient (Wildman–Crippen LogP) is 4.35. The second kappa shape index (κ2) is 8.16. The number of carbonyl (C=O) groups is 1. The molecule has 0 aliphatic heterocycles. The monoisotopic (exact) mass is 436 g/mol. The van der Waals surface area contributed by atoms with Crippen molar-refractivity contribution in [2.45, 2.75) is 23.8 Å². The molecule has 1 atom stereocenters. The zero-order valence-electron chi connectivity index (χ0n) is 13.8. The molecular formula is C17H17BrN4OS2. The highest BCUT2D eigenvalue weighted by Gasteiger charge is 2.19. The van der Waals surface area contributed by atoms with Crippen LogP contribution >= 0.6 is 39.0 Å². The molecule has 0 saturated carbocycles. The van der Waals surface area contributed by atoms with Crippen LogP contribution < -0.4 is 5.32 Å². The van der Waals surface area contributed by atoms with Gasteiger partial charge in [0.25, 0.3) is 0 Å². The van der Waals surface area contributed by atoms with Crippen LogP contribution in [-0.2, 0) is 18.3 Å². The number of carbonyl (C=O) groups excluding carboxylic acids is 1. The SMILES string of the molecule is C[C@@H](Sc1nnc(Cc2cccs2)n1C)C(=O)Nc1ccc(Br)cc1. The minimum absolute atomic E-state index is 0.0601. The molecule has 2 heterocycles. The van der Waals surface area contributed by atoms with E-state index >= 15 is 0 Å². The number of aromatic nitrogens is 3. The summed E-state index contributed by atoms with van der Waals surface area (Å²) in [5, 5.41) is 13.9. The molecule has 1 N–H and O–H groups in total. The fourth-order valence-corrected chi connectivity index (χ4v) is 3.96. The van der Waals surface area contributed by atoms with Gasteiger partial charge in [-0.1, -0.05) is 33.8 Å². The maximum Gasteiger partial charge on any atom is 0.237 e. The van der Waals surface area contributed by atoms with Crippen molar-refractivity contribution in [1.82, 2.24) is 14.8 Å². The molecule has 25 heavy (non-hydrogen) atoms. The predicted molar refractivity (Wildman–Crippen MR) is 106 cm³/mol. The van der Waals surface area contributed by atoms with Gasteiger partial charge in [0.2, 0.25) is 5.91 Å². The number of amides is 1. The molecule has 0 spiro atoms. The lowest BCUT2D eigenvalue weighted by Crippen LogP contribution is -2.22. The summed E-state index contributed by atoms with van der Waals surface area (Å²) < 4.78 is 2.93. The highest BCUT2D eigenvalue weighted by molar-refractivity contribution is 9.10. The molecule has 3 aromatic rings. The van der Waals surface area contributed by atoms with E-state index < -0.39 is 0 Å². The van der Waals surface area contributed by atoms with Crippen molar-refractivity contribution >= 4 is 50.6 Å². The van der Waals surface area contributed by atoms with Gasteiger partial charge in [-0.25, -0.2) is 0 Å². The summed E-state index contributed by atoms with van der Waals surface area (Å²) in [5.74, 6) is 0.834. The minimum Gasteiger partial charge on any atom is -0.325 e. The fourth-order valence-electron chi connectivity index (χ4n) is 2.16. The van der Waals surface area contributed by atoms with E-state index in [2.05, 4.69) is 42.9 Å². The zero-order chi connectivity index (χ0) is 17.8. The van der Waals surface area contributed by atoms with Crippen molar-refractivity contribution in [3.05, 3.63) is 57.0 Å². The second-order valence-corrected chi connectivity index (χ2v) is 8.73. The largest absolute Gasteiger partial charge is 0.325 e. The molecule has 0 saturated heterocycles. The van der Waals surface area contributed by atoms with Crippen molar-refractivity contribution in [2.24, 2.45) is 7.05 Å². The van der Waals surface area contributed by atoms with E-state index in [9.17, 15) is 4.79 Å². The van der Waals surface area contributed by atoms with Crippen LogP contribution in [0.15, 0.2) is 51.4 Å². The molecule has 1 amide bonds. The Morgan fingerprint density at radius 3 is 2.76 bits per heavy atom. The summed E-state index contributed by atoms with van der Waals surface area (Å²) in [6.07, 6.45) is 0.751. The molecule has 0 fully saturated rings. The summed E-state index contributed by atoms with van der Waals surface area (Å²) >= 11 is 6.49. The Bertz CT molecular complexity index is 846. The normalized spacial score (nSPS) is 12.1. The summed E-state index contributed by atoms with van der Waals surface area (Å²) in [6, 6.07) is 11.6. The van der Waals surface area contributed by atoms with Crippen molar-refractivity contribution in [3.8, 4) is 0 Å². The van der Waals surface area contributed by atoms with E-state index in [1.807, 2.05) is 48.9 Å². The van der Waals surface area contributed by atoms with Crippen molar-refractivity contribution in [2.75, 3.05) is 5.32 Å². The topological polar surface area (TPSA) is 59.8 Å². The first-order valence-corrected chi connectivity index (χ1v) is 10.2. The average molecular weight is 437 g/mol. The lowest BCUT2D eigenvalue weighted by Gasteiger charge is -2.11. The Labute approximate surface area is 163 Å². The summed E-state index contributed by atoms with van der Waals surface area (Å²) in [5.41, 5.74) is 0.775. The van der Waals surface area contributed by atoms with Crippen LogP contribution in [0.3, 0.4) is 0 Å². The van der Waals surface area contributed by atoms with Gasteiger partial charge < -0.3 is 9.88 Å². The molecule has 0 aliphatic rings. The fraction of sp³-hybridized carbons (Fsp3) is 0.235. The minimum atomic E-state index is -0.277. The molecule has 130 valence electrons. The maximum absolute atomic E-state index is 12.4. The lowest BCUT2D eigenvalue weighted by molar-refractivity contribution is -0.115. The number of thiophene rings is 1. The number of hydrogen-bond donors (Lipinski definition) is 1. The standard InChI is InChI=1S/C17H17BrN4OS2/c1-11(16(23)19-13-7-5-12(18)6-8-13)25-17-21-20-15(22(17)2)10-14-4-3-9-24-14/h3-9,11H,10H2,1-2H3,(H,19,23)/t11-/m1/s1. The van der Waals surface area contributed by atoms with Crippen molar-refractivity contribution < 1.29 is 4.79 Å². The number of hydrogen-bond acceptors (Lipinski definition) is 5. The Morgan fingerprint density at radius 1 is 1.32 bits per heavy atom. The molecule has 3 rings (SSSR count). The van der Waals surface area contributed by atoms with Crippen LogP contribution in [0.4, 0.5) is 5.69 Å². The van der Waals surface area contributed by atoms with Crippen LogP contribution in [0.5, 0.6) is 0 Å². The van der Waals surface area contributed by atoms with E-state index in [1.54, 1.807) is 11.3 Å². The van der Waals surface area contributed by atoms with Crippen LogP contribution in [0.2, 0.25) is 0 Å². The van der Waals surface area contributed by atoms with Crippen LogP contribution in [0.1, 0.15) is 17.6 Å². The third kappa shape index (κ3) is 4.71. The number of nitrogens with one attached hydrogen (secondary N) is 1. The summed E-state index contributed by atoms with van der Waals surface area (Å²) in [7, 11) is 1.94. The summed E-state index contributed by atoms with van der Waals surface area (Å²) in [6.45, 7) is 1.87. The van der Waals surface area contributed by atoms with E-state index in [0.717, 1.165) is 27.6 Å². The number of halogens is 1. The van der Waals surface area contributed by atoms with Gasteiger partial charge in [-0.2, -0.15) is 0 Å². The van der Waals surface area contributed by atoms with Crippen molar-refractivity contribution in [3.63, 3.8) is 0 Å². The molecular weight excluding hydrogens is 420 g/mol. The Hall–Kier alpha value is -1.64. The van der Waals surface area contributed by atoms with Gasteiger partial charge in [0.1, 0.15) is 5.82 Å². The smallest absolute Gasteiger partial charge is 0.237 e. The van der Waals surface area contributed by atoms with Gasteiger partial charge >= 0.3 is 0 Å². The average Bonchev–Trinajstić information content (AvgIpc) is 3.22. The molecule has 8 heteroatoms. The van der Waals surface area contributed by atoms with Gasteiger partial charge in [-0.3, -0.25) is 4.79 Å². The Balaban J connectivity index is 1.62. The Kier molecular flexibility index (Phi) is 5.93. The summed E-state index contributed by atoms with van der Waals surface area (Å²) in [4.78, 5) is 13.6. The van der Waals surface area contributed by atoms with Crippen LogP contribution in [0, 0.1) is 0 Å². The van der Waals surface area contributed by atoms with E-state index in [1.165, 1.54) is 16.6 Å². The highest BCUT2D eigenvalue weighted by Crippen LogP contribution is 2.24. The Morgan fingerprint density at radius 2 is 2.08 bits per heavy atom. The van der Waals surface area contributed by atoms with E-state index in [0.29, 0.717) is 0 Å². The first-order chi connectivity index (χ1) is 12.0. The quantitative estimate of drug-likeness (QED) is 0.583. The van der Waals surface area contributed by atoms with Crippen molar-refractivity contribution in [1.29, 1.82) is 0 Å². The number of nitrogens with zero attached hydrogens (tertiary/aromatic N) is 3. The molecule has 2 aromatic heterocycles. The molecule has 0 aliphatic carbocycles. The maximum atomic E-state index is 12.4. The molecule has 0 radical (unpaired) electrons. The van der Waals surface area contributed by atoms with E-state index in [-0.39, 0.29) is 11.2 Å².